The second-order valence-electron chi connectivity index (χ2n) is 6.85. The molecule has 0 spiro atoms. The molecular formula is C24H22N4O3. The van der Waals surface area contributed by atoms with Gasteiger partial charge in [0.25, 0.3) is 11.8 Å². The van der Waals surface area contributed by atoms with E-state index < -0.39 is 0 Å². The second-order valence-corrected chi connectivity index (χ2v) is 6.85. The van der Waals surface area contributed by atoms with E-state index in [0.29, 0.717) is 35.1 Å². The van der Waals surface area contributed by atoms with Gasteiger partial charge in [-0.3, -0.25) is 14.9 Å². The van der Waals surface area contributed by atoms with Crippen LogP contribution in [0.4, 0.5) is 11.6 Å². The summed E-state index contributed by atoms with van der Waals surface area (Å²) in [6.45, 7) is 2.65. The third kappa shape index (κ3) is 4.11. The van der Waals surface area contributed by atoms with Crippen molar-refractivity contribution in [3.8, 4) is 5.75 Å². The molecule has 0 unspecified atom stereocenters. The number of methoxy groups -OCH3 is 1. The van der Waals surface area contributed by atoms with Gasteiger partial charge in [0.2, 0.25) is 5.95 Å². The number of para-hydroxylation sites is 3. The maximum atomic E-state index is 13.0. The van der Waals surface area contributed by atoms with Crippen LogP contribution in [0.5, 0.6) is 5.75 Å². The first-order chi connectivity index (χ1) is 15.1. The quantitative estimate of drug-likeness (QED) is 0.484. The number of aryl methyl sites for hydroxylation is 1. The number of ether oxygens (including phenoxy) is 1. The number of hydrogen-bond donors (Lipinski definition) is 2. The van der Waals surface area contributed by atoms with E-state index in [2.05, 4.69) is 15.6 Å². The fourth-order valence-electron chi connectivity index (χ4n) is 3.39. The van der Waals surface area contributed by atoms with E-state index in [1.165, 1.54) is 0 Å². The van der Waals surface area contributed by atoms with E-state index in [1.807, 2.05) is 35.8 Å². The van der Waals surface area contributed by atoms with Crippen LogP contribution < -0.4 is 15.4 Å². The Bertz CT molecular complexity index is 1250. The fourth-order valence-corrected chi connectivity index (χ4v) is 3.39. The normalized spacial score (nSPS) is 10.6. The summed E-state index contributed by atoms with van der Waals surface area (Å²) in [5.74, 6) is 0.458. The van der Waals surface area contributed by atoms with E-state index in [1.54, 1.807) is 55.6 Å². The van der Waals surface area contributed by atoms with Gasteiger partial charge in [-0.05, 0) is 55.5 Å². The number of rotatable bonds is 6. The van der Waals surface area contributed by atoms with Gasteiger partial charge in [-0.2, -0.15) is 0 Å². The predicted molar refractivity (Wildman–Crippen MR) is 121 cm³/mol. The summed E-state index contributed by atoms with van der Waals surface area (Å²) in [7, 11) is 1.57. The first-order valence-corrected chi connectivity index (χ1v) is 9.91. The summed E-state index contributed by atoms with van der Waals surface area (Å²) in [5.41, 5.74) is 2.98. The van der Waals surface area contributed by atoms with Crippen molar-refractivity contribution in [2.75, 3.05) is 17.7 Å². The van der Waals surface area contributed by atoms with Crippen LogP contribution in [0, 0.1) is 0 Å². The minimum absolute atomic E-state index is 0.316. The second kappa shape index (κ2) is 8.71. The van der Waals surface area contributed by atoms with Crippen LogP contribution in [0.15, 0.2) is 72.8 Å². The molecule has 4 aromatic rings. The van der Waals surface area contributed by atoms with Gasteiger partial charge in [0.1, 0.15) is 5.75 Å². The van der Waals surface area contributed by atoms with Crippen LogP contribution in [0.25, 0.3) is 11.0 Å². The van der Waals surface area contributed by atoms with E-state index in [0.717, 1.165) is 11.0 Å². The Morgan fingerprint density at radius 3 is 2.35 bits per heavy atom. The van der Waals surface area contributed by atoms with Crippen molar-refractivity contribution in [3.63, 3.8) is 0 Å². The number of carbonyl (C=O) groups is 2. The summed E-state index contributed by atoms with van der Waals surface area (Å²) in [6, 6.07) is 21.3. The topological polar surface area (TPSA) is 85.2 Å². The monoisotopic (exact) mass is 414 g/mol. The molecule has 1 heterocycles. The number of benzene rings is 3. The van der Waals surface area contributed by atoms with E-state index in [9.17, 15) is 9.59 Å². The van der Waals surface area contributed by atoms with Crippen LogP contribution in [0.3, 0.4) is 0 Å². The number of aromatic nitrogens is 2. The summed E-state index contributed by atoms with van der Waals surface area (Å²) in [5, 5.41) is 5.70. The number of nitrogens with zero attached hydrogens (tertiary/aromatic N) is 2. The minimum Gasteiger partial charge on any atom is -0.497 e. The lowest BCUT2D eigenvalue weighted by atomic mass is 10.1. The SMILES string of the molecule is CCn1c(NC(=O)c2ccccc2NC(=O)c2ccc(OC)cc2)nc2ccccc21. The first kappa shape index (κ1) is 20.2. The lowest BCUT2D eigenvalue weighted by Gasteiger charge is -2.12. The highest BCUT2D eigenvalue weighted by Gasteiger charge is 2.17. The van der Waals surface area contributed by atoms with Crippen molar-refractivity contribution in [1.82, 2.24) is 9.55 Å². The third-order valence-electron chi connectivity index (χ3n) is 4.97. The standard InChI is InChI=1S/C24H22N4O3/c1-3-28-21-11-7-6-10-20(21)26-24(28)27-23(30)18-8-4-5-9-19(18)25-22(29)16-12-14-17(31-2)15-13-16/h4-15H,3H2,1-2H3,(H,25,29)(H,26,27,30). The number of fused-ring (bicyclic) bond motifs is 1. The molecule has 156 valence electrons. The van der Waals surface area contributed by atoms with Crippen LogP contribution in [0.1, 0.15) is 27.6 Å². The zero-order valence-corrected chi connectivity index (χ0v) is 17.3. The van der Waals surface area contributed by atoms with Gasteiger partial charge in [0.15, 0.2) is 0 Å². The molecule has 3 aromatic carbocycles. The molecule has 0 fully saturated rings. The Hall–Kier alpha value is -4.13. The van der Waals surface area contributed by atoms with Gasteiger partial charge in [-0.1, -0.05) is 24.3 Å². The Morgan fingerprint density at radius 2 is 1.61 bits per heavy atom. The van der Waals surface area contributed by atoms with Crippen LogP contribution in [0.2, 0.25) is 0 Å². The van der Waals surface area contributed by atoms with Crippen molar-refractivity contribution < 1.29 is 14.3 Å². The lowest BCUT2D eigenvalue weighted by Crippen LogP contribution is -2.19. The van der Waals surface area contributed by atoms with Crippen molar-refractivity contribution in [2.45, 2.75) is 13.5 Å². The van der Waals surface area contributed by atoms with Gasteiger partial charge >= 0.3 is 0 Å². The third-order valence-corrected chi connectivity index (χ3v) is 4.97. The van der Waals surface area contributed by atoms with Gasteiger partial charge < -0.3 is 14.6 Å². The number of nitrogens with one attached hydrogen (secondary N) is 2. The molecular weight excluding hydrogens is 392 g/mol. The largest absolute Gasteiger partial charge is 0.497 e. The zero-order valence-electron chi connectivity index (χ0n) is 17.3. The molecule has 0 radical (unpaired) electrons. The molecule has 2 N–H and O–H groups in total. The van der Waals surface area contributed by atoms with Crippen molar-refractivity contribution >= 4 is 34.5 Å². The minimum atomic E-state index is -0.351. The van der Waals surface area contributed by atoms with Gasteiger partial charge in [-0.25, -0.2) is 4.98 Å². The summed E-state index contributed by atoms with van der Waals surface area (Å²) in [4.78, 5) is 30.2. The molecule has 0 atom stereocenters. The Morgan fingerprint density at radius 1 is 0.903 bits per heavy atom. The van der Waals surface area contributed by atoms with Crippen molar-refractivity contribution in [2.24, 2.45) is 0 Å². The van der Waals surface area contributed by atoms with Crippen molar-refractivity contribution in [3.05, 3.63) is 83.9 Å². The van der Waals surface area contributed by atoms with Crippen LogP contribution >= 0.6 is 0 Å². The lowest BCUT2D eigenvalue weighted by molar-refractivity contribution is 0.102. The molecule has 0 aliphatic carbocycles. The number of hydrogen-bond acceptors (Lipinski definition) is 4. The maximum Gasteiger partial charge on any atom is 0.260 e. The maximum absolute atomic E-state index is 13.0. The molecule has 7 heteroatoms. The van der Waals surface area contributed by atoms with Crippen LogP contribution in [-0.4, -0.2) is 28.5 Å². The van der Waals surface area contributed by atoms with Crippen molar-refractivity contribution in [1.29, 1.82) is 0 Å². The Balaban J connectivity index is 1.58. The molecule has 0 saturated carbocycles. The average Bonchev–Trinajstić information content (AvgIpc) is 3.16. The highest BCUT2D eigenvalue weighted by atomic mass is 16.5. The van der Waals surface area contributed by atoms with E-state index in [-0.39, 0.29) is 11.8 Å². The Kier molecular flexibility index (Phi) is 5.66. The number of carbonyl (C=O) groups excluding carboxylic acids is 2. The molecule has 4 rings (SSSR count). The molecule has 31 heavy (non-hydrogen) atoms. The Labute approximate surface area is 179 Å². The molecule has 0 aliphatic rings. The zero-order chi connectivity index (χ0) is 21.8. The molecule has 0 bridgehead atoms. The highest BCUT2D eigenvalue weighted by Crippen LogP contribution is 2.22. The molecule has 7 nitrogen and oxygen atoms in total. The van der Waals surface area contributed by atoms with Gasteiger partial charge in [-0.15, -0.1) is 0 Å². The molecule has 2 amide bonds. The summed E-state index contributed by atoms with van der Waals surface area (Å²) >= 11 is 0. The summed E-state index contributed by atoms with van der Waals surface area (Å²) < 4.78 is 7.06. The molecule has 1 aromatic heterocycles. The highest BCUT2D eigenvalue weighted by molar-refractivity contribution is 6.12. The number of imidazole rings is 1. The van der Waals surface area contributed by atoms with Crippen LogP contribution in [-0.2, 0) is 6.54 Å². The number of anilines is 2. The smallest absolute Gasteiger partial charge is 0.260 e. The molecule has 0 saturated heterocycles. The molecule has 0 aliphatic heterocycles. The van der Waals surface area contributed by atoms with E-state index >= 15 is 0 Å². The number of amides is 2. The van der Waals surface area contributed by atoms with Gasteiger partial charge in [0.05, 0.1) is 29.4 Å². The van der Waals surface area contributed by atoms with E-state index in [4.69, 9.17) is 4.74 Å². The van der Waals surface area contributed by atoms with Gasteiger partial charge in [0, 0.05) is 12.1 Å². The first-order valence-electron chi connectivity index (χ1n) is 9.91. The predicted octanol–water partition coefficient (Wildman–Crippen LogP) is 4.57. The summed E-state index contributed by atoms with van der Waals surface area (Å²) in [6.07, 6.45) is 0. The average molecular weight is 414 g/mol. The fraction of sp³-hybridized carbons (Fsp3) is 0.125.